The number of ether oxygens (including phenoxy) is 2. The van der Waals surface area contributed by atoms with E-state index in [2.05, 4.69) is 20.6 Å². The number of hydrogen-bond donors (Lipinski definition) is 3. The number of fused-ring (bicyclic) bond motifs is 1. The summed E-state index contributed by atoms with van der Waals surface area (Å²) in [4.78, 5) is 14.0. The van der Waals surface area contributed by atoms with E-state index in [0.29, 0.717) is 23.6 Å². The number of aromatic nitrogens is 4. The lowest BCUT2D eigenvalue weighted by Crippen LogP contribution is -2.27. The highest BCUT2D eigenvalue weighted by atomic mass is 16.6. The fourth-order valence-corrected chi connectivity index (χ4v) is 4.78. The normalized spacial score (nSPS) is 27.2. The molecule has 2 aliphatic rings. The molecule has 2 aromatic heterocycles. The lowest BCUT2D eigenvalue weighted by molar-refractivity contribution is -0.0549. The summed E-state index contributed by atoms with van der Waals surface area (Å²) in [5.74, 6) is 2.20. The van der Waals surface area contributed by atoms with Crippen molar-refractivity contribution in [3.8, 4) is 0 Å². The number of rotatable bonds is 9. The Hall–Kier alpha value is -1.81. The molecule has 0 radical (unpaired) electrons. The standard InChI is InChI=1S/C22H36N6O3/c1-14-16(12-30-3)31-22(19(14)29)28-13-25-18-20(23-2)26-17(27-21(18)28)9-10-24-11-15-7-5-4-6-8-15/h13-16,19,22,24,29H,4-12H2,1-3H3,(H,23,26,27)/t14-,16-,19-,22-/m1/s1. The van der Waals surface area contributed by atoms with Crippen molar-refractivity contribution in [3.63, 3.8) is 0 Å². The molecule has 1 aliphatic heterocycles. The maximum Gasteiger partial charge on any atom is 0.167 e. The predicted molar refractivity (Wildman–Crippen MR) is 119 cm³/mol. The van der Waals surface area contributed by atoms with Gasteiger partial charge in [-0.1, -0.05) is 26.2 Å². The molecule has 4 rings (SSSR count). The highest BCUT2D eigenvalue weighted by Crippen LogP contribution is 2.36. The van der Waals surface area contributed by atoms with Gasteiger partial charge in [0.25, 0.3) is 0 Å². The van der Waals surface area contributed by atoms with Crippen molar-refractivity contribution in [1.82, 2.24) is 24.8 Å². The van der Waals surface area contributed by atoms with Crippen LogP contribution in [0.1, 0.15) is 51.1 Å². The monoisotopic (exact) mass is 432 g/mol. The minimum Gasteiger partial charge on any atom is -0.388 e. The van der Waals surface area contributed by atoms with Crippen molar-refractivity contribution in [2.45, 2.75) is 63.9 Å². The Morgan fingerprint density at radius 1 is 1.26 bits per heavy atom. The molecule has 2 aromatic rings. The van der Waals surface area contributed by atoms with E-state index < -0.39 is 12.3 Å². The van der Waals surface area contributed by atoms with Crippen molar-refractivity contribution in [2.24, 2.45) is 11.8 Å². The van der Waals surface area contributed by atoms with Gasteiger partial charge in [-0.2, -0.15) is 0 Å². The van der Waals surface area contributed by atoms with Crippen LogP contribution in [-0.2, 0) is 15.9 Å². The quantitative estimate of drug-likeness (QED) is 0.518. The van der Waals surface area contributed by atoms with Crippen LogP contribution >= 0.6 is 0 Å². The average molecular weight is 433 g/mol. The molecule has 0 unspecified atom stereocenters. The number of anilines is 1. The summed E-state index contributed by atoms with van der Waals surface area (Å²) in [7, 11) is 3.48. The first-order chi connectivity index (χ1) is 15.1. The molecule has 9 nitrogen and oxygen atoms in total. The van der Waals surface area contributed by atoms with Crippen LogP contribution in [0.2, 0.25) is 0 Å². The molecule has 0 bridgehead atoms. The van der Waals surface area contributed by atoms with Gasteiger partial charge in [0, 0.05) is 33.0 Å². The van der Waals surface area contributed by atoms with E-state index in [1.807, 2.05) is 18.5 Å². The molecular formula is C22H36N6O3. The van der Waals surface area contributed by atoms with Crippen molar-refractivity contribution in [3.05, 3.63) is 12.2 Å². The Balaban J connectivity index is 1.48. The van der Waals surface area contributed by atoms with E-state index in [0.717, 1.165) is 31.3 Å². The summed E-state index contributed by atoms with van der Waals surface area (Å²) in [6.07, 6.45) is 7.83. The van der Waals surface area contributed by atoms with Gasteiger partial charge in [-0.3, -0.25) is 4.57 Å². The summed E-state index contributed by atoms with van der Waals surface area (Å²) in [6.45, 7) is 4.33. The Bertz CT molecular complexity index is 853. The fourth-order valence-electron chi connectivity index (χ4n) is 4.78. The molecule has 0 aromatic carbocycles. The second kappa shape index (κ2) is 10.2. The summed E-state index contributed by atoms with van der Waals surface area (Å²) in [6, 6.07) is 0. The van der Waals surface area contributed by atoms with Crippen LogP contribution in [0.3, 0.4) is 0 Å². The van der Waals surface area contributed by atoms with Gasteiger partial charge in [0.1, 0.15) is 11.9 Å². The maximum atomic E-state index is 10.8. The van der Waals surface area contributed by atoms with Crippen LogP contribution in [0.15, 0.2) is 6.33 Å². The number of imidazole rings is 1. The van der Waals surface area contributed by atoms with Crippen LogP contribution in [-0.4, -0.2) is 70.7 Å². The van der Waals surface area contributed by atoms with Gasteiger partial charge in [-0.05, 0) is 25.3 Å². The highest BCUT2D eigenvalue weighted by molar-refractivity contribution is 5.83. The Morgan fingerprint density at radius 2 is 2.06 bits per heavy atom. The highest BCUT2D eigenvalue weighted by Gasteiger charge is 2.42. The molecule has 31 heavy (non-hydrogen) atoms. The van der Waals surface area contributed by atoms with Gasteiger partial charge in [0.2, 0.25) is 0 Å². The Morgan fingerprint density at radius 3 is 2.81 bits per heavy atom. The fraction of sp³-hybridized carbons (Fsp3) is 0.773. The first kappa shape index (κ1) is 22.4. The van der Waals surface area contributed by atoms with Gasteiger partial charge in [0.05, 0.1) is 19.0 Å². The average Bonchev–Trinajstić information content (AvgIpc) is 3.33. The molecule has 1 saturated carbocycles. The van der Waals surface area contributed by atoms with Crippen molar-refractivity contribution in [2.75, 3.05) is 39.2 Å². The van der Waals surface area contributed by atoms with Crippen LogP contribution in [0, 0.1) is 11.8 Å². The molecule has 0 spiro atoms. The molecule has 4 atom stereocenters. The van der Waals surface area contributed by atoms with E-state index in [-0.39, 0.29) is 12.0 Å². The summed E-state index contributed by atoms with van der Waals surface area (Å²) in [5, 5.41) is 17.5. The Labute approximate surface area is 184 Å². The number of aliphatic hydroxyl groups is 1. The molecule has 2 fully saturated rings. The zero-order chi connectivity index (χ0) is 21.8. The maximum absolute atomic E-state index is 10.8. The van der Waals surface area contributed by atoms with Gasteiger partial charge < -0.3 is 25.2 Å². The molecule has 172 valence electrons. The second-order valence-electron chi connectivity index (χ2n) is 8.89. The zero-order valence-electron chi connectivity index (χ0n) is 18.9. The minimum atomic E-state index is -0.661. The van der Waals surface area contributed by atoms with Gasteiger partial charge in [-0.15, -0.1) is 0 Å². The van der Waals surface area contributed by atoms with Gasteiger partial charge in [-0.25, -0.2) is 15.0 Å². The SMILES string of the molecule is CNc1nc(CCNCC2CCCCC2)nc2c1ncn2[C@@H]1O[C@H](COC)[C@@H](C)[C@H]1O. The summed E-state index contributed by atoms with van der Waals surface area (Å²) < 4.78 is 13.2. The predicted octanol–water partition coefficient (Wildman–Crippen LogP) is 2.12. The number of methoxy groups -OCH3 is 1. The van der Waals surface area contributed by atoms with Crippen LogP contribution in [0.25, 0.3) is 11.2 Å². The molecule has 1 saturated heterocycles. The largest absolute Gasteiger partial charge is 0.388 e. The van der Waals surface area contributed by atoms with Crippen molar-refractivity contribution >= 4 is 17.0 Å². The lowest BCUT2D eigenvalue weighted by atomic mass is 9.89. The molecule has 9 heteroatoms. The number of nitrogens with one attached hydrogen (secondary N) is 2. The first-order valence-electron chi connectivity index (χ1n) is 11.6. The van der Waals surface area contributed by atoms with Crippen LogP contribution in [0.5, 0.6) is 0 Å². The van der Waals surface area contributed by atoms with Crippen LogP contribution in [0.4, 0.5) is 5.82 Å². The van der Waals surface area contributed by atoms with Crippen LogP contribution < -0.4 is 10.6 Å². The third-order valence-corrected chi connectivity index (χ3v) is 6.72. The van der Waals surface area contributed by atoms with E-state index in [1.165, 1.54) is 32.1 Å². The van der Waals surface area contributed by atoms with E-state index >= 15 is 0 Å². The molecule has 3 heterocycles. The summed E-state index contributed by atoms with van der Waals surface area (Å²) in [5.41, 5.74) is 1.36. The van der Waals surface area contributed by atoms with Gasteiger partial charge in [0.15, 0.2) is 23.2 Å². The smallest absolute Gasteiger partial charge is 0.167 e. The molecule has 3 N–H and O–H groups in total. The third-order valence-electron chi connectivity index (χ3n) is 6.72. The first-order valence-corrected chi connectivity index (χ1v) is 11.6. The molecule has 0 amide bonds. The number of nitrogens with zero attached hydrogens (tertiary/aromatic N) is 4. The second-order valence-corrected chi connectivity index (χ2v) is 8.89. The number of aliphatic hydroxyl groups excluding tert-OH is 1. The van der Waals surface area contributed by atoms with E-state index in [1.54, 1.807) is 13.4 Å². The molecular weight excluding hydrogens is 396 g/mol. The third kappa shape index (κ3) is 4.84. The topological polar surface area (TPSA) is 106 Å². The molecule has 1 aliphatic carbocycles. The lowest BCUT2D eigenvalue weighted by Gasteiger charge is -2.21. The number of hydrogen-bond acceptors (Lipinski definition) is 8. The Kier molecular flexibility index (Phi) is 7.37. The summed E-state index contributed by atoms with van der Waals surface area (Å²) >= 11 is 0. The minimum absolute atomic E-state index is 0.0449. The van der Waals surface area contributed by atoms with E-state index in [4.69, 9.17) is 14.5 Å². The van der Waals surface area contributed by atoms with E-state index in [9.17, 15) is 5.11 Å². The zero-order valence-corrected chi connectivity index (χ0v) is 18.9. The van der Waals surface area contributed by atoms with Crippen molar-refractivity contribution < 1.29 is 14.6 Å². The van der Waals surface area contributed by atoms with Crippen molar-refractivity contribution in [1.29, 1.82) is 0 Å². The van der Waals surface area contributed by atoms with Gasteiger partial charge >= 0.3 is 0 Å².